The molecule has 0 unspecified atom stereocenters. The molecule has 19 heavy (non-hydrogen) atoms. The van der Waals surface area contributed by atoms with Crippen LogP contribution in [0.5, 0.6) is 5.75 Å². The fourth-order valence-corrected chi connectivity index (χ4v) is 1.63. The molecule has 0 saturated carbocycles. The van der Waals surface area contributed by atoms with Crippen LogP contribution in [0.25, 0.3) is 6.08 Å². The molecule has 1 aromatic carbocycles. The fraction of sp³-hybridized carbons (Fsp3) is 0.167. The zero-order valence-electron chi connectivity index (χ0n) is 10.2. The van der Waals surface area contributed by atoms with Crippen molar-refractivity contribution in [1.82, 2.24) is 0 Å². The van der Waals surface area contributed by atoms with Gasteiger partial charge in [0.15, 0.2) is 5.75 Å². The standard InChI is InChI=1S/C12H10N2O5/c1-7-9(12(15)19-13-7)5-8-3-4-11(18-2)10(6-8)14(16)17/h3-6H,1-2H3/b9-5-. The van der Waals surface area contributed by atoms with E-state index >= 15 is 0 Å². The van der Waals surface area contributed by atoms with E-state index in [0.29, 0.717) is 11.3 Å². The Morgan fingerprint density at radius 3 is 2.74 bits per heavy atom. The Labute approximate surface area is 108 Å². The molecule has 0 bridgehead atoms. The Balaban J connectivity index is 2.45. The van der Waals surface area contributed by atoms with E-state index in [4.69, 9.17) is 4.74 Å². The maximum absolute atomic E-state index is 11.4. The molecule has 2 rings (SSSR count). The van der Waals surface area contributed by atoms with Crippen molar-refractivity contribution in [2.75, 3.05) is 7.11 Å². The molecule has 0 saturated heterocycles. The molecule has 1 aliphatic rings. The molecule has 0 radical (unpaired) electrons. The largest absolute Gasteiger partial charge is 0.490 e. The summed E-state index contributed by atoms with van der Waals surface area (Å²) in [6.45, 7) is 1.62. The van der Waals surface area contributed by atoms with Crippen molar-refractivity contribution >= 4 is 23.4 Å². The van der Waals surface area contributed by atoms with E-state index in [1.165, 1.54) is 25.3 Å². The smallest absolute Gasteiger partial charge is 0.367 e. The van der Waals surface area contributed by atoms with Crippen LogP contribution in [0.4, 0.5) is 5.69 Å². The van der Waals surface area contributed by atoms with Gasteiger partial charge in [-0.25, -0.2) is 4.79 Å². The Morgan fingerprint density at radius 1 is 1.47 bits per heavy atom. The summed E-state index contributed by atoms with van der Waals surface area (Å²) in [5.74, 6) is -0.414. The van der Waals surface area contributed by atoms with Crippen LogP contribution in [-0.2, 0) is 9.63 Å². The maximum Gasteiger partial charge on any atom is 0.367 e. The second-order valence-electron chi connectivity index (χ2n) is 3.80. The lowest BCUT2D eigenvalue weighted by molar-refractivity contribution is -0.385. The predicted molar refractivity (Wildman–Crippen MR) is 66.8 cm³/mol. The number of nitro benzene ring substituents is 1. The molecule has 1 heterocycles. The monoisotopic (exact) mass is 262 g/mol. The lowest BCUT2D eigenvalue weighted by Gasteiger charge is -2.02. The molecule has 98 valence electrons. The van der Waals surface area contributed by atoms with Crippen LogP contribution in [0.2, 0.25) is 0 Å². The van der Waals surface area contributed by atoms with E-state index in [2.05, 4.69) is 9.99 Å². The van der Waals surface area contributed by atoms with Gasteiger partial charge in [0, 0.05) is 6.07 Å². The molecule has 0 amide bonds. The van der Waals surface area contributed by atoms with Crippen LogP contribution >= 0.6 is 0 Å². The van der Waals surface area contributed by atoms with Crippen molar-refractivity contribution in [2.45, 2.75) is 6.92 Å². The second-order valence-corrected chi connectivity index (χ2v) is 3.80. The van der Waals surface area contributed by atoms with Crippen LogP contribution in [0.1, 0.15) is 12.5 Å². The van der Waals surface area contributed by atoms with Gasteiger partial charge in [-0.1, -0.05) is 11.2 Å². The fourth-order valence-electron chi connectivity index (χ4n) is 1.63. The molecule has 7 nitrogen and oxygen atoms in total. The molecule has 1 aromatic rings. The first-order valence-corrected chi connectivity index (χ1v) is 5.33. The number of nitro groups is 1. The number of ether oxygens (including phenoxy) is 1. The summed E-state index contributed by atoms with van der Waals surface area (Å²) in [5.41, 5.74) is 1.04. The van der Waals surface area contributed by atoms with Crippen molar-refractivity contribution in [2.24, 2.45) is 5.16 Å². The number of hydrogen-bond acceptors (Lipinski definition) is 6. The molecule has 1 aliphatic heterocycles. The molecule has 7 heteroatoms. The van der Waals surface area contributed by atoms with Crippen LogP contribution in [0.3, 0.4) is 0 Å². The quantitative estimate of drug-likeness (QED) is 0.359. The number of nitrogens with zero attached hydrogens (tertiary/aromatic N) is 2. The summed E-state index contributed by atoms with van der Waals surface area (Å²) in [6, 6.07) is 4.40. The van der Waals surface area contributed by atoms with E-state index in [1.807, 2.05) is 0 Å². The molecule has 0 fully saturated rings. The number of methoxy groups -OCH3 is 1. The highest BCUT2D eigenvalue weighted by molar-refractivity contribution is 6.24. The molecule has 0 N–H and O–H groups in total. The second kappa shape index (κ2) is 4.89. The first-order valence-electron chi connectivity index (χ1n) is 5.33. The lowest BCUT2D eigenvalue weighted by atomic mass is 10.1. The number of rotatable bonds is 3. The number of carbonyl (C=O) groups excluding carboxylic acids is 1. The SMILES string of the molecule is COc1ccc(/C=C2\C(=O)ON=C2C)cc1[N+](=O)[O-]. The van der Waals surface area contributed by atoms with Gasteiger partial charge in [0.2, 0.25) is 0 Å². The van der Waals surface area contributed by atoms with Crippen LogP contribution in [0, 0.1) is 10.1 Å². The van der Waals surface area contributed by atoms with Gasteiger partial charge in [0.1, 0.15) is 0 Å². The first-order chi connectivity index (χ1) is 9.02. The Kier molecular flexibility index (Phi) is 3.28. The first kappa shape index (κ1) is 12.7. The highest BCUT2D eigenvalue weighted by Crippen LogP contribution is 2.28. The van der Waals surface area contributed by atoms with Gasteiger partial charge in [-0.3, -0.25) is 10.1 Å². The third kappa shape index (κ3) is 2.44. The normalized spacial score (nSPS) is 16.2. The van der Waals surface area contributed by atoms with E-state index in [9.17, 15) is 14.9 Å². The highest BCUT2D eigenvalue weighted by atomic mass is 16.7. The molecular weight excluding hydrogens is 252 g/mol. The number of carbonyl (C=O) groups is 1. The van der Waals surface area contributed by atoms with Gasteiger partial charge < -0.3 is 9.57 Å². The minimum atomic E-state index is -0.573. The minimum absolute atomic E-state index is 0.159. The average molecular weight is 262 g/mol. The summed E-state index contributed by atoms with van der Waals surface area (Å²) in [6.07, 6.45) is 1.49. The average Bonchev–Trinajstić information content (AvgIpc) is 2.70. The van der Waals surface area contributed by atoms with E-state index in [1.54, 1.807) is 13.0 Å². The van der Waals surface area contributed by atoms with Gasteiger partial charge in [0.05, 0.1) is 23.3 Å². The van der Waals surface area contributed by atoms with Gasteiger partial charge in [-0.15, -0.1) is 0 Å². The zero-order valence-corrected chi connectivity index (χ0v) is 10.2. The maximum atomic E-state index is 11.4. The van der Waals surface area contributed by atoms with E-state index < -0.39 is 10.9 Å². The highest BCUT2D eigenvalue weighted by Gasteiger charge is 2.22. The van der Waals surface area contributed by atoms with Gasteiger partial charge in [-0.05, 0) is 24.6 Å². The minimum Gasteiger partial charge on any atom is -0.490 e. The van der Waals surface area contributed by atoms with E-state index in [0.717, 1.165) is 0 Å². The summed E-state index contributed by atoms with van der Waals surface area (Å²) in [4.78, 5) is 26.2. The summed E-state index contributed by atoms with van der Waals surface area (Å²) in [5, 5.41) is 14.4. The lowest BCUT2D eigenvalue weighted by Crippen LogP contribution is -2.02. The van der Waals surface area contributed by atoms with Crippen molar-refractivity contribution in [3.8, 4) is 5.75 Å². The Bertz CT molecular complexity index is 619. The summed E-state index contributed by atoms with van der Waals surface area (Å²) in [7, 11) is 1.35. The topological polar surface area (TPSA) is 91.0 Å². The molecule has 0 spiro atoms. The Hall–Kier alpha value is -2.70. The van der Waals surface area contributed by atoms with Gasteiger partial charge >= 0.3 is 11.7 Å². The third-order valence-electron chi connectivity index (χ3n) is 2.59. The van der Waals surface area contributed by atoms with Crippen LogP contribution in [0.15, 0.2) is 28.9 Å². The number of oxime groups is 1. The van der Waals surface area contributed by atoms with Crippen molar-refractivity contribution in [1.29, 1.82) is 0 Å². The molecule has 0 atom stereocenters. The molecule has 0 aromatic heterocycles. The van der Waals surface area contributed by atoms with Crippen molar-refractivity contribution < 1.29 is 19.3 Å². The summed E-state index contributed by atoms with van der Waals surface area (Å²) >= 11 is 0. The van der Waals surface area contributed by atoms with Gasteiger partial charge in [0.25, 0.3) is 0 Å². The third-order valence-corrected chi connectivity index (χ3v) is 2.59. The van der Waals surface area contributed by atoms with Crippen LogP contribution in [-0.4, -0.2) is 23.7 Å². The van der Waals surface area contributed by atoms with Crippen molar-refractivity contribution in [3.63, 3.8) is 0 Å². The predicted octanol–water partition coefficient (Wildman–Crippen LogP) is 1.92. The summed E-state index contributed by atoms with van der Waals surface area (Å²) < 4.78 is 4.90. The zero-order chi connectivity index (χ0) is 14.0. The number of benzene rings is 1. The molecular formula is C12H10N2O5. The van der Waals surface area contributed by atoms with Gasteiger partial charge in [-0.2, -0.15) is 0 Å². The van der Waals surface area contributed by atoms with Crippen molar-refractivity contribution in [3.05, 3.63) is 39.4 Å². The molecule has 0 aliphatic carbocycles. The van der Waals surface area contributed by atoms with E-state index in [-0.39, 0.29) is 17.0 Å². The Morgan fingerprint density at radius 2 is 2.21 bits per heavy atom. The number of hydrogen-bond donors (Lipinski definition) is 0. The van der Waals surface area contributed by atoms with Crippen LogP contribution < -0.4 is 4.74 Å².